The van der Waals surface area contributed by atoms with Gasteiger partial charge >= 0.3 is 0 Å². The average Bonchev–Trinajstić information content (AvgIpc) is 2.80. The molecule has 0 bridgehead atoms. The molecule has 4 heteroatoms. The molecule has 2 aromatic heterocycles. The molecule has 0 spiro atoms. The van der Waals surface area contributed by atoms with Gasteiger partial charge in [0.2, 0.25) is 0 Å². The van der Waals surface area contributed by atoms with E-state index in [1.807, 2.05) is 24.5 Å². The van der Waals surface area contributed by atoms with Gasteiger partial charge in [0.25, 0.3) is 0 Å². The van der Waals surface area contributed by atoms with Gasteiger partial charge in [-0.3, -0.25) is 4.98 Å². The fourth-order valence-electron chi connectivity index (χ4n) is 1.92. The van der Waals surface area contributed by atoms with E-state index in [0.29, 0.717) is 5.92 Å². The minimum atomic E-state index is 0.632. The summed E-state index contributed by atoms with van der Waals surface area (Å²) in [6.07, 6.45) is 4.69. The van der Waals surface area contributed by atoms with E-state index in [4.69, 9.17) is 4.98 Å². The van der Waals surface area contributed by atoms with E-state index < -0.39 is 0 Å². The molecule has 0 aliphatic carbocycles. The van der Waals surface area contributed by atoms with Gasteiger partial charge in [0.1, 0.15) is 5.01 Å². The number of pyridine rings is 1. The largest absolute Gasteiger partial charge is 0.312 e. The van der Waals surface area contributed by atoms with E-state index in [1.165, 1.54) is 10.6 Å². The van der Waals surface area contributed by atoms with Crippen molar-refractivity contribution in [2.45, 2.75) is 33.7 Å². The lowest BCUT2D eigenvalue weighted by molar-refractivity contribution is 0.628. The summed E-state index contributed by atoms with van der Waals surface area (Å²) >= 11 is 1.79. The Morgan fingerprint density at radius 3 is 2.63 bits per heavy atom. The van der Waals surface area contributed by atoms with Gasteiger partial charge < -0.3 is 5.32 Å². The molecular formula is C15H21N3S. The lowest BCUT2D eigenvalue weighted by atomic mass is 10.1. The van der Waals surface area contributed by atoms with E-state index in [1.54, 1.807) is 11.3 Å². The lowest BCUT2D eigenvalue weighted by Gasteiger charge is -2.04. The summed E-state index contributed by atoms with van der Waals surface area (Å²) in [5.41, 5.74) is 2.40. The van der Waals surface area contributed by atoms with Crippen LogP contribution in [0.25, 0.3) is 10.6 Å². The second-order valence-electron chi connectivity index (χ2n) is 5.00. The fraction of sp³-hybridized carbons (Fsp3) is 0.467. The number of hydrogen-bond acceptors (Lipinski definition) is 4. The normalized spacial score (nSPS) is 11.2. The maximum Gasteiger partial charge on any atom is 0.124 e. The van der Waals surface area contributed by atoms with Crippen molar-refractivity contribution in [2.24, 2.45) is 5.92 Å². The molecule has 3 nitrogen and oxygen atoms in total. The average molecular weight is 275 g/mol. The quantitative estimate of drug-likeness (QED) is 0.876. The molecule has 0 aromatic carbocycles. The Morgan fingerprint density at radius 1 is 1.26 bits per heavy atom. The fourth-order valence-corrected chi connectivity index (χ4v) is 2.99. The highest BCUT2D eigenvalue weighted by Crippen LogP contribution is 2.29. The zero-order valence-corrected chi connectivity index (χ0v) is 12.6. The van der Waals surface area contributed by atoms with Crippen LogP contribution in [0.15, 0.2) is 24.5 Å². The van der Waals surface area contributed by atoms with Crippen molar-refractivity contribution in [2.75, 3.05) is 6.54 Å². The predicted molar refractivity (Wildman–Crippen MR) is 81.3 cm³/mol. The highest BCUT2D eigenvalue weighted by molar-refractivity contribution is 7.15. The molecule has 2 rings (SSSR count). The molecule has 0 unspecified atom stereocenters. The number of aromatic nitrogens is 2. The molecule has 0 atom stereocenters. The van der Waals surface area contributed by atoms with Crippen molar-refractivity contribution in [3.05, 3.63) is 35.1 Å². The number of hydrogen-bond donors (Lipinski definition) is 1. The first-order valence-corrected chi connectivity index (χ1v) is 7.62. The predicted octanol–water partition coefficient (Wildman–Crippen LogP) is 3.51. The smallest absolute Gasteiger partial charge is 0.124 e. The summed E-state index contributed by atoms with van der Waals surface area (Å²) in [5.74, 6) is 0.632. The van der Waals surface area contributed by atoms with Crippen molar-refractivity contribution in [1.82, 2.24) is 15.3 Å². The van der Waals surface area contributed by atoms with Crippen LogP contribution in [0, 0.1) is 5.92 Å². The third-order valence-electron chi connectivity index (χ3n) is 2.84. The molecule has 0 radical (unpaired) electrons. The van der Waals surface area contributed by atoms with Gasteiger partial charge in [-0.05, 0) is 31.0 Å². The van der Waals surface area contributed by atoms with Crippen LogP contribution in [0.1, 0.15) is 31.3 Å². The maximum atomic E-state index is 4.82. The van der Waals surface area contributed by atoms with Crippen molar-refractivity contribution in [1.29, 1.82) is 0 Å². The Balaban J connectivity index is 2.28. The van der Waals surface area contributed by atoms with Crippen LogP contribution in [0.5, 0.6) is 0 Å². The van der Waals surface area contributed by atoms with Gasteiger partial charge in [-0.1, -0.05) is 20.8 Å². The monoisotopic (exact) mass is 275 g/mol. The van der Waals surface area contributed by atoms with Crippen LogP contribution >= 0.6 is 11.3 Å². The van der Waals surface area contributed by atoms with Gasteiger partial charge in [-0.15, -0.1) is 11.3 Å². The van der Waals surface area contributed by atoms with E-state index in [0.717, 1.165) is 30.1 Å². The van der Waals surface area contributed by atoms with Crippen molar-refractivity contribution >= 4 is 11.3 Å². The summed E-state index contributed by atoms with van der Waals surface area (Å²) in [6, 6.07) is 4.05. The summed E-state index contributed by atoms with van der Waals surface area (Å²) in [7, 11) is 0. The Bertz CT molecular complexity index is 505. The minimum Gasteiger partial charge on any atom is -0.312 e. The van der Waals surface area contributed by atoms with Gasteiger partial charge in [0, 0.05) is 29.4 Å². The Labute approximate surface area is 119 Å². The standard InChI is InChI=1S/C15H21N3S/c1-4-16-10-14-13(9-11(2)3)18-15(19-14)12-5-7-17-8-6-12/h5-8,11,16H,4,9-10H2,1-3H3. The molecule has 0 amide bonds. The van der Waals surface area contributed by atoms with Crippen LogP contribution in [-0.4, -0.2) is 16.5 Å². The van der Waals surface area contributed by atoms with Crippen LogP contribution < -0.4 is 5.32 Å². The zero-order valence-electron chi connectivity index (χ0n) is 11.8. The van der Waals surface area contributed by atoms with Crippen LogP contribution in [0.2, 0.25) is 0 Å². The second kappa shape index (κ2) is 6.78. The minimum absolute atomic E-state index is 0.632. The summed E-state index contributed by atoms with van der Waals surface area (Å²) < 4.78 is 0. The Hall–Kier alpha value is -1.26. The topological polar surface area (TPSA) is 37.8 Å². The lowest BCUT2D eigenvalue weighted by Crippen LogP contribution is -2.12. The van der Waals surface area contributed by atoms with E-state index in [2.05, 4.69) is 31.1 Å². The first-order chi connectivity index (χ1) is 9.20. The second-order valence-corrected chi connectivity index (χ2v) is 6.09. The number of thiazole rings is 1. The third kappa shape index (κ3) is 3.85. The number of nitrogens with zero attached hydrogens (tertiary/aromatic N) is 2. The number of nitrogens with one attached hydrogen (secondary N) is 1. The first kappa shape index (κ1) is 14.2. The first-order valence-electron chi connectivity index (χ1n) is 6.80. The summed E-state index contributed by atoms with van der Waals surface area (Å²) in [5, 5.41) is 4.50. The molecule has 0 fully saturated rings. The third-order valence-corrected chi connectivity index (χ3v) is 3.99. The van der Waals surface area contributed by atoms with Crippen molar-refractivity contribution in [3.8, 4) is 10.6 Å². The van der Waals surface area contributed by atoms with E-state index in [9.17, 15) is 0 Å². The van der Waals surface area contributed by atoms with Gasteiger partial charge in [-0.2, -0.15) is 0 Å². The molecule has 2 heterocycles. The van der Waals surface area contributed by atoms with Gasteiger partial charge in [0.15, 0.2) is 0 Å². The molecule has 1 N–H and O–H groups in total. The molecular weight excluding hydrogens is 254 g/mol. The maximum absolute atomic E-state index is 4.82. The molecule has 102 valence electrons. The highest BCUT2D eigenvalue weighted by Gasteiger charge is 2.13. The van der Waals surface area contributed by atoms with Gasteiger partial charge in [0.05, 0.1) is 5.69 Å². The molecule has 2 aromatic rings. The summed E-state index contributed by atoms with van der Waals surface area (Å²) in [6.45, 7) is 8.52. The van der Waals surface area contributed by atoms with Crippen molar-refractivity contribution in [3.63, 3.8) is 0 Å². The molecule has 0 saturated heterocycles. The molecule has 0 saturated carbocycles. The Kier molecular flexibility index (Phi) is 5.05. The van der Waals surface area contributed by atoms with Crippen LogP contribution in [0.4, 0.5) is 0 Å². The van der Waals surface area contributed by atoms with Crippen LogP contribution in [-0.2, 0) is 13.0 Å². The Morgan fingerprint density at radius 2 is 2.00 bits per heavy atom. The summed E-state index contributed by atoms with van der Waals surface area (Å²) in [4.78, 5) is 10.3. The molecule has 19 heavy (non-hydrogen) atoms. The van der Waals surface area contributed by atoms with E-state index >= 15 is 0 Å². The van der Waals surface area contributed by atoms with Crippen molar-refractivity contribution < 1.29 is 0 Å². The SMILES string of the molecule is CCNCc1sc(-c2ccncc2)nc1CC(C)C. The van der Waals surface area contributed by atoms with E-state index in [-0.39, 0.29) is 0 Å². The van der Waals surface area contributed by atoms with Gasteiger partial charge in [-0.25, -0.2) is 4.98 Å². The molecule has 0 aliphatic heterocycles. The number of rotatable bonds is 6. The highest BCUT2D eigenvalue weighted by atomic mass is 32.1. The van der Waals surface area contributed by atoms with Crippen LogP contribution in [0.3, 0.4) is 0 Å². The molecule has 0 aliphatic rings. The zero-order chi connectivity index (χ0) is 13.7.